The second kappa shape index (κ2) is 6.66. The molecular weight excluding hydrogens is 324 g/mol. The van der Waals surface area contributed by atoms with Crippen LogP contribution in [0.15, 0.2) is 29.4 Å². The SMILES string of the molecule is O=C(c1ccsc1)N1CCN(Cc2cncn2C2CC2)C[C@H](O)C1. The van der Waals surface area contributed by atoms with Crippen molar-refractivity contribution < 1.29 is 9.90 Å². The Morgan fingerprint density at radius 1 is 1.33 bits per heavy atom. The van der Waals surface area contributed by atoms with Crippen LogP contribution in [0, 0.1) is 0 Å². The number of β-amino-alcohol motifs (C(OH)–C–C–N with tert-alkyl or cyclic N) is 1. The summed E-state index contributed by atoms with van der Waals surface area (Å²) in [5.41, 5.74) is 1.91. The van der Waals surface area contributed by atoms with Gasteiger partial charge in [-0.3, -0.25) is 9.69 Å². The Morgan fingerprint density at radius 2 is 2.21 bits per heavy atom. The van der Waals surface area contributed by atoms with E-state index in [2.05, 4.69) is 14.5 Å². The molecule has 3 heterocycles. The minimum Gasteiger partial charge on any atom is -0.390 e. The molecule has 2 aromatic rings. The van der Waals surface area contributed by atoms with Crippen LogP contribution in [0.3, 0.4) is 0 Å². The minimum atomic E-state index is -0.521. The molecule has 0 aromatic carbocycles. The third-order valence-electron chi connectivity index (χ3n) is 4.71. The highest BCUT2D eigenvalue weighted by Crippen LogP contribution is 2.35. The number of amides is 1. The van der Waals surface area contributed by atoms with Crippen molar-refractivity contribution in [2.75, 3.05) is 26.2 Å². The summed E-state index contributed by atoms with van der Waals surface area (Å²) in [4.78, 5) is 20.8. The molecular formula is C17H22N4O2S. The highest BCUT2D eigenvalue weighted by Gasteiger charge is 2.28. The van der Waals surface area contributed by atoms with E-state index in [1.807, 2.05) is 29.4 Å². The summed E-state index contributed by atoms with van der Waals surface area (Å²) in [6.07, 6.45) is 5.77. The smallest absolute Gasteiger partial charge is 0.254 e. The van der Waals surface area contributed by atoms with Crippen LogP contribution in [0.2, 0.25) is 0 Å². The van der Waals surface area contributed by atoms with Crippen molar-refractivity contribution in [1.29, 1.82) is 0 Å². The van der Waals surface area contributed by atoms with Gasteiger partial charge in [0.2, 0.25) is 0 Å². The number of thiophene rings is 1. The highest BCUT2D eigenvalue weighted by molar-refractivity contribution is 7.08. The largest absolute Gasteiger partial charge is 0.390 e. The number of aromatic nitrogens is 2. The lowest BCUT2D eigenvalue weighted by Crippen LogP contribution is -2.37. The van der Waals surface area contributed by atoms with Crippen LogP contribution in [0.1, 0.15) is 34.9 Å². The van der Waals surface area contributed by atoms with Gasteiger partial charge in [0.1, 0.15) is 0 Å². The molecule has 128 valence electrons. The van der Waals surface area contributed by atoms with Gasteiger partial charge in [0.25, 0.3) is 5.91 Å². The number of rotatable bonds is 4. The fraction of sp³-hybridized carbons (Fsp3) is 0.529. The Hall–Kier alpha value is -1.70. The maximum Gasteiger partial charge on any atom is 0.254 e. The van der Waals surface area contributed by atoms with E-state index < -0.39 is 6.10 Å². The van der Waals surface area contributed by atoms with E-state index >= 15 is 0 Å². The van der Waals surface area contributed by atoms with E-state index in [1.54, 1.807) is 4.90 Å². The molecule has 1 saturated heterocycles. The molecule has 2 aliphatic rings. The lowest BCUT2D eigenvalue weighted by molar-refractivity contribution is 0.0663. The predicted octanol–water partition coefficient (Wildman–Crippen LogP) is 1.60. The Labute approximate surface area is 145 Å². The molecule has 1 amide bonds. The number of aliphatic hydroxyl groups excluding tert-OH is 1. The number of nitrogens with zero attached hydrogens (tertiary/aromatic N) is 4. The number of imidazole rings is 1. The molecule has 4 rings (SSSR count). The molecule has 2 fully saturated rings. The van der Waals surface area contributed by atoms with E-state index in [-0.39, 0.29) is 5.91 Å². The fourth-order valence-electron chi connectivity index (χ4n) is 3.32. The van der Waals surface area contributed by atoms with Crippen LogP contribution in [0.4, 0.5) is 0 Å². The number of carbonyl (C=O) groups excluding carboxylic acids is 1. The van der Waals surface area contributed by atoms with Crippen LogP contribution in [-0.2, 0) is 6.54 Å². The summed E-state index contributed by atoms with van der Waals surface area (Å²) < 4.78 is 2.26. The summed E-state index contributed by atoms with van der Waals surface area (Å²) in [6, 6.07) is 2.45. The number of hydrogen-bond acceptors (Lipinski definition) is 5. The first-order valence-corrected chi connectivity index (χ1v) is 9.37. The zero-order chi connectivity index (χ0) is 16.5. The molecule has 1 aliphatic carbocycles. The van der Waals surface area contributed by atoms with Crippen molar-refractivity contribution in [3.05, 3.63) is 40.6 Å². The van der Waals surface area contributed by atoms with Gasteiger partial charge >= 0.3 is 0 Å². The van der Waals surface area contributed by atoms with E-state index in [4.69, 9.17) is 0 Å². The van der Waals surface area contributed by atoms with Gasteiger partial charge in [0, 0.05) is 50.3 Å². The number of aliphatic hydroxyl groups is 1. The third kappa shape index (κ3) is 3.38. The van der Waals surface area contributed by atoms with E-state index in [9.17, 15) is 9.90 Å². The number of hydrogen-bond donors (Lipinski definition) is 1. The van der Waals surface area contributed by atoms with Crippen LogP contribution >= 0.6 is 11.3 Å². The average Bonchev–Trinajstić information content (AvgIpc) is 3.12. The van der Waals surface area contributed by atoms with E-state index in [0.717, 1.165) is 13.1 Å². The Morgan fingerprint density at radius 3 is 2.96 bits per heavy atom. The summed E-state index contributed by atoms with van der Waals surface area (Å²) in [5, 5.41) is 14.1. The molecule has 0 unspecified atom stereocenters. The number of carbonyl (C=O) groups is 1. The average molecular weight is 346 g/mol. The zero-order valence-corrected chi connectivity index (χ0v) is 14.4. The molecule has 6 nitrogen and oxygen atoms in total. The van der Waals surface area contributed by atoms with E-state index in [1.165, 1.54) is 29.9 Å². The van der Waals surface area contributed by atoms with Crippen LogP contribution in [-0.4, -0.2) is 62.6 Å². The van der Waals surface area contributed by atoms with Gasteiger partial charge in [-0.2, -0.15) is 11.3 Å². The van der Waals surface area contributed by atoms with Gasteiger partial charge in [-0.25, -0.2) is 4.98 Å². The maximum atomic E-state index is 12.5. The topological polar surface area (TPSA) is 61.6 Å². The van der Waals surface area contributed by atoms with Gasteiger partial charge in [-0.05, 0) is 24.3 Å². The molecule has 2 aromatic heterocycles. The zero-order valence-electron chi connectivity index (χ0n) is 13.5. The van der Waals surface area contributed by atoms with Crippen molar-refractivity contribution in [2.45, 2.75) is 31.5 Å². The maximum absolute atomic E-state index is 12.5. The first-order valence-electron chi connectivity index (χ1n) is 8.43. The first-order chi connectivity index (χ1) is 11.7. The van der Waals surface area contributed by atoms with Gasteiger partial charge in [0.15, 0.2) is 0 Å². The standard InChI is InChI=1S/C17H22N4O2S/c22-16-9-19(8-15-7-18-12-21(15)14-1-2-14)4-5-20(10-16)17(23)13-3-6-24-11-13/h3,6-7,11-12,14,16,22H,1-2,4-5,8-10H2/t16-/m0/s1. The van der Waals surface area contributed by atoms with Crippen molar-refractivity contribution in [3.8, 4) is 0 Å². The van der Waals surface area contributed by atoms with Crippen molar-refractivity contribution in [2.24, 2.45) is 0 Å². The van der Waals surface area contributed by atoms with Crippen molar-refractivity contribution in [1.82, 2.24) is 19.4 Å². The molecule has 7 heteroatoms. The molecule has 0 spiro atoms. The first kappa shape index (κ1) is 15.8. The molecule has 1 saturated carbocycles. The second-order valence-electron chi connectivity index (χ2n) is 6.68. The molecule has 0 bridgehead atoms. The molecule has 1 aliphatic heterocycles. The van der Waals surface area contributed by atoms with Crippen molar-refractivity contribution >= 4 is 17.2 Å². The quantitative estimate of drug-likeness (QED) is 0.913. The second-order valence-corrected chi connectivity index (χ2v) is 7.46. The predicted molar refractivity (Wildman–Crippen MR) is 92.0 cm³/mol. The fourth-order valence-corrected chi connectivity index (χ4v) is 3.95. The Kier molecular flexibility index (Phi) is 4.39. The third-order valence-corrected chi connectivity index (χ3v) is 5.40. The summed E-state index contributed by atoms with van der Waals surface area (Å²) in [6.45, 7) is 3.16. The van der Waals surface area contributed by atoms with Gasteiger partial charge in [0.05, 0.1) is 23.7 Å². The Balaban J connectivity index is 1.42. The van der Waals surface area contributed by atoms with Crippen molar-refractivity contribution in [3.63, 3.8) is 0 Å². The molecule has 1 atom stereocenters. The van der Waals surface area contributed by atoms with Crippen LogP contribution < -0.4 is 0 Å². The van der Waals surface area contributed by atoms with E-state index in [0.29, 0.717) is 31.2 Å². The molecule has 1 N–H and O–H groups in total. The monoisotopic (exact) mass is 346 g/mol. The molecule has 24 heavy (non-hydrogen) atoms. The van der Waals surface area contributed by atoms with Crippen LogP contribution in [0.5, 0.6) is 0 Å². The molecule has 0 radical (unpaired) electrons. The van der Waals surface area contributed by atoms with Gasteiger partial charge < -0.3 is 14.6 Å². The van der Waals surface area contributed by atoms with Crippen LogP contribution in [0.25, 0.3) is 0 Å². The summed E-state index contributed by atoms with van der Waals surface area (Å²) in [5.74, 6) is 0.0140. The lowest BCUT2D eigenvalue weighted by Gasteiger charge is -2.22. The van der Waals surface area contributed by atoms with Gasteiger partial charge in [-0.15, -0.1) is 0 Å². The normalized spacial score (nSPS) is 22.5. The summed E-state index contributed by atoms with van der Waals surface area (Å²) >= 11 is 1.52. The lowest BCUT2D eigenvalue weighted by atomic mass is 10.2. The van der Waals surface area contributed by atoms with Gasteiger partial charge in [-0.1, -0.05) is 0 Å². The highest BCUT2D eigenvalue weighted by atomic mass is 32.1. The Bertz CT molecular complexity index is 695. The minimum absolute atomic E-state index is 0.0140. The summed E-state index contributed by atoms with van der Waals surface area (Å²) in [7, 11) is 0.